The Hall–Kier alpha value is -1.14. The highest BCUT2D eigenvalue weighted by molar-refractivity contribution is 5.75. The summed E-state index contributed by atoms with van der Waals surface area (Å²) in [5, 5.41) is 18.0. The fourth-order valence-electron chi connectivity index (χ4n) is 0.742. The van der Waals surface area contributed by atoms with Crippen LogP contribution in [0.1, 0.15) is 20.8 Å². The van der Waals surface area contributed by atoms with Gasteiger partial charge in [0.25, 0.3) is 0 Å². The number of rotatable bonds is 5. The van der Waals surface area contributed by atoms with Crippen LogP contribution >= 0.6 is 0 Å². The number of hydroxylamine groups is 2. The van der Waals surface area contributed by atoms with E-state index >= 15 is 0 Å². The first-order valence-corrected chi connectivity index (χ1v) is 4.08. The second kappa shape index (κ2) is 4.92. The Labute approximate surface area is 82.0 Å². The molecule has 14 heavy (non-hydrogen) atoms. The van der Waals surface area contributed by atoms with Crippen molar-refractivity contribution in [3.63, 3.8) is 0 Å². The molecule has 1 amide bonds. The monoisotopic (exact) mass is 205 g/mol. The molecule has 0 aliphatic heterocycles. The molecule has 1 atom stereocenters. The molecule has 0 radical (unpaired) electrons. The van der Waals surface area contributed by atoms with Crippen molar-refractivity contribution in [1.29, 1.82) is 0 Å². The third-order valence-corrected chi connectivity index (χ3v) is 1.25. The number of aliphatic carboxylic acids is 1. The first kappa shape index (κ1) is 12.9. The summed E-state index contributed by atoms with van der Waals surface area (Å²) in [7, 11) is 0. The molecule has 2 N–H and O–H groups in total. The molecule has 0 aromatic heterocycles. The number of carboxylic acids is 1. The third kappa shape index (κ3) is 4.20. The van der Waals surface area contributed by atoms with Crippen LogP contribution < -0.4 is 0 Å². The van der Waals surface area contributed by atoms with Crippen molar-refractivity contribution in [1.82, 2.24) is 5.06 Å². The van der Waals surface area contributed by atoms with Gasteiger partial charge in [-0.2, -0.15) is 0 Å². The van der Waals surface area contributed by atoms with Crippen LogP contribution in [-0.2, 0) is 14.4 Å². The van der Waals surface area contributed by atoms with Crippen molar-refractivity contribution in [2.75, 3.05) is 6.61 Å². The average molecular weight is 205 g/mol. The van der Waals surface area contributed by atoms with Crippen LogP contribution in [0.5, 0.6) is 0 Å². The summed E-state index contributed by atoms with van der Waals surface area (Å²) in [6.07, 6.45) is 0.236. The molecule has 0 spiro atoms. The normalized spacial score (nSPS) is 13.4. The summed E-state index contributed by atoms with van der Waals surface area (Å²) in [5.74, 6) is -1.32. The van der Waals surface area contributed by atoms with Crippen molar-refractivity contribution in [2.24, 2.45) is 0 Å². The minimum atomic E-state index is -1.37. The van der Waals surface area contributed by atoms with E-state index < -0.39 is 24.2 Å². The van der Waals surface area contributed by atoms with Gasteiger partial charge in [-0.15, -0.1) is 0 Å². The molecule has 6 heteroatoms. The van der Waals surface area contributed by atoms with Crippen LogP contribution in [0.4, 0.5) is 0 Å². The number of aliphatic hydroxyl groups is 1. The van der Waals surface area contributed by atoms with E-state index in [1.807, 2.05) is 0 Å². The smallest absolute Gasteiger partial charge is 0.331 e. The molecule has 0 rings (SSSR count). The van der Waals surface area contributed by atoms with Gasteiger partial charge >= 0.3 is 5.97 Å². The Kier molecular flexibility index (Phi) is 4.52. The fourth-order valence-corrected chi connectivity index (χ4v) is 0.742. The highest BCUT2D eigenvalue weighted by Gasteiger charge is 2.28. The minimum absolute atomic E-state index is 0.236. The Balaban J connectivity index is 4.53. The molecule has 0 fully saturated rings. The average Bonchev–Trinajstić information content (AvgIpc) is 2.00. The minimum Gasteiger partial charge on any atom is -0.480 e. The predicted octanol–water partition coefficient (Wildman–Crippen LogP) is -0.380. The summed E-state index contributed by atoms with van der Waals surface area (Å²) in [4.78, 5) is 26.1. The van der Waals surface area contributed by atoms with Gasteiger partial charge in [-0.3, -0.25) is 9.63 Å². The Morgan fingerprint density at radius 2 is 2.07 bits per heavy atom. The Morgan fingerprint density at radius 3 is 2.29 bits per heavy atom. The summed E-state index contributed by atoms with van der Waals surface area (Å²) < 4.78 is 0. The van der Waals surface area contributed by atoms with Gasteiger partial charge in [0.1, 0.15) is 0 Å². The van der Waals surface area contributed by atoms with Crippen molar-refractivity contribution in [3.05, 3.63) is 0 Å². The summed E-state index contributed by atoms with van der Waals surface area (Å²) in [6, 6.07) is -1.37. The van der Waals surface area contributed by atoms with Crippen LogP contribution in [0.3, 0.4) is 0 Å². The number of carboxylic acid groups (broad SMARTS) is 1. The zero-order valence-electron chi connectivity index (χ0n) is 8.43. The van der Waals surface area contributed by atoms with Gasteiger partial charge in [-0.05, 0) is 20.8 Å². The Bertz CT molecular complexity index is 210. The molecular formula is C8H15NO5. The quantitative estimate of drug-likeness (QED) is 0.472. The molecule has 0 aromatic carbocycles. The third-order valence-electron chi connectivity index (χ3n) is 1.25. The molecule has 0 aliphatic carbocycles. The van der Waals surface area contributed by atoms with Gasteiger partial charge in [-0.25, -0.2) is 9.86 Å². The molecule has 0 aromatic rings. The van der Waals surface area contributed by atoms with Gasteiger partial charge in [0, 0.05) is 0 Å². The topological polar surface area (TPSA) is 87.1 Å². The van der Waals surface area contributed by atoms with Crippen LogP contribution in [-0.4, -0.2) is 45.9 Å². The number of carbonyl (C=O) groups is 2. The second-order valence-corrected chi connectivity index (χ2v) is 3.71. The lowest BCUT2D eigenvalue weighted by Crippen LogP contribution is -2.46. The van der Waals surface area contributed by atoms with E-state index in [1.54, 1.807) is 20.8 Å². The molecule has 0 unspecified atom stereocenters. The first-order chi connectivity index (χ1) is 6.31. The maximum absolute atomic E-state index is 10.6. The predicted molar refractivity (Wildman–Crippen MR) is 47.3 cm³/mol. The molecule has 6 nitrogen and oxygen atoms in total. The van der Waals surface area contributed by atoms with Gasteiger partial charge in [-0.1, -0.05) is 0 Å². The maximum atomic E-state index is 10.6. The van der Waals surface area contributed by atoms with Crippen molar-refractivity contribution >= 4 is 12.4 Å². The molecule has 0 saturated heterocycles. The Morgan fingerprint density at radius 1 is 1.57 bits per heavy atom. The zero-order valence-corrected chi connectivity index (χ0v) is 8.43. The number of amides is 1. The van der Waals surface area contributed by atoms with E-state index in [-0.39, 0.29) is 6.41 Å². The summed E-state index contributed by atoms with van der Waals surface area (Å²) >= 11 is 0. The van der Waals surface area contributed by atoms with Gasteiger partial charge in [0.05, 0.1) is 12.2 Å². The highest BCUT2D eigenvalue weighted by atomic mass is 16.7. The van der Waals surface area contributed by atoms with E-state index in [4.69, 9.17) is 15.1 Å². The lowest BCUT2D eigenvalue weighted by molar-refractivity contribution is -0.237. The molecule has 0 aliphatic rings. The standard InChI is InChI=1S/C8H15NO5/c1-8(2,3)14-9(5-11)6(4-10)7(12)13/h5-6,10H,4H2,1-3H3,(H,12,13)/t6-/m1/s1. The van der Waals surface area contributed by atoms with E-state index in [9.17, 15) is 9.59 Å². The summed E-state index contributed by atoms with van der Waals surface area (Å²) in [6.45, 7) is 4.31. The molecule has 0 heterocycles. The number of aliphatic hydroxyl groups excluding tert-OH is 1. The van der Waals surface area contributed by atoms with Gasteiger partial charge in [0.15, 0.2) is 6.04 Å². The van der Waals surface area contributed by atoms with E-state index in [0.717, 1.165) is 0 Å². The molecule has 82 valence electrons. The lowest BCUT2D eigenvalue weighted by Gasteiger charge is -2.29. The second-order valence-electron chi connectivity index (χ2n) is 3.71. The molecular weight excluding hydrogens is 190 g/mol. The van der Waals surface area contributed by atoms with Crippen molar-refractivity contribution in [3.8, 4) is 0 Å². The largest absolute Gasteiger partial charge is 0.480 e. The van der Waals surface area contributed by atoms with Crippen LogP contribution in [0, 0.1) is 0 Å². The van der Waals surface area contributed by atoms with Gasteiger partial charge < -0.3 is 10.2 Å². The van der Waals surface area contributed by atoms with Crippen LogP contribution in [0.15, 0.2) is 0 Å². The van der Waals surface area contributed by atoms with Crippen molar-refractivity contribution in [2.45, 2.75) is 32.4 Å². The fraction of sp³-hybridized carbons (Fsp3) is 0.750. The molecule has 0 saturated carbocycles. The van der Waals surface area contributed by atoms with E-state index in [0.29, 0.717) is 5.06 Å². The number of hydrogen-bond acceptors (Lipinski definition) is 4. The van der Waals surface area contributed by atoms with Crippen LogP contribution in [0.2, 0.25) is 0 Å². The zero-order chi connectivity index (χ0) is 11.4. The SMILES string of the molecule is CC(C)(C)ON(C=O)[C@H](CO)C(=O)O. The number of hydrogen-bond donors (Lipinski definition) is 2. The van der Waals surface area contributed by atoms with Gasteiger partial charge in [0.2, 0.25) is 6.41 Å². The molecule has 0 bridgehead atoms. The first-order valence-electron chi connectivity index (χ1n) is 4.08. The van der Waals surface area contributed by atoms with E-state index in [1.165, 1.54) is 0 Å². The summed E-state index contributed by atoms with van der Waals surface area (Å²) in [5.41, 5.74) is -0.691. The number of carbonyl (C=O) groups excluding carboxylic acids is 1. The van der Waals surface area contributed by atoms with E-state index in [2.05, 4.69) is 0 Å². The van der Waals surface area contributed by atoms with Crippen LogP contribution in [0.25, 0.3) is 0 Å². The lowest BCUT2D eigenvalue weighted by atomic mass is 10.2. The maximum Gasteiger partial charge on any atom is 0.331 e. The van der Waals surface area contributed by atoms with Crippen molar-refractivity contribution < 1.29 is 24.6 Å². The number of nitrogens with zero attached hydrogens (tertiary/aromatic N) is 1. The highest BCUT2D eigenvalue weighted by Crippen LogP contribution is 2.11.